The number of aliphatic imine (C=N–C) groups is 1. The zero-order chi connectivity index (χ0) is 17.9. The van der Waals surface area contributed by atoms with Crippen molar-refractivity contribution in [3.8, 4) is 0 Å². The first-order valence-corrected chi connectivity index (χ1v) is 8.81. The molecule has 0 spiro atoms. The van der Waals surface area contributed by atoms with E-state index in [4.69, 9.17) is 0 Å². The Hall–Kier alpha value is -1.83. The maximum absolute atomic E-state index is 4.37. The number of anilines is 1. The van der Waals surface area contributed by atoms with Gasteiger partial charge in [-0.2, -0.15) is 0 Å². The molecule has 0 aliphatic rings. The summed E-state index contributed by atoms with van der Waals surface area (Å²) in [7, 11) is 3.90. The highest BCUT2D eigenvalue weighted by Crippen LogP contribution is 2.06. The van der Waals surface area contributed by atoms with E-state index in [0.29, 0.717) is 0 Å². The topological polar surface area (TPSA) is 52.6 Å². The summed E-state index contributed by atoms with van der Waals surface area (Å²) < 4.78 is 0. The number of hydrogen-bond donors (Lipinski definition) is 2. The first-order chi connectivity index (χ1) is 12.2. The zero-order valence-electron chi connectivity index (χ0n) is 15.9. The predicted octanol–water partition coefficient (Wildman–Crippen LogP) is 3.91. The molecular weight excluding hydrogens is 437 g/mol. The van der Waals surface area contributed by atoms with Gasteiger partial charge in [0.05, 0.1) is 0 Å². The van der Waals surface area contributed by atoms with Crippen molar-refractivity contribution in [2.45, 2.75) is 26.3 Å². The van der Waals surface area contributed by atoms with E-state index in [1.54, 1.807) is 6.20 Å². The molecule has 0 fully saturated rings. The van der Waals surface area contributed by atoms with Crippen LogP contribution in [0.15, 0.2) is 53.7 Å². The van der Waals surface area contributed by atoms with Crippen LogP contribution >= 0.6 is 24.0 Å². The maximum Gasteiger partial charge on any atom is 0.193 e. The van der Waals surface area contributed by atoms with Gasteiger partial charge in [-0.15, -0.1) is 24.0 Å². The number of halogens is 1. The molecule has 0 atom stereocenters. The molecule has 5 nitrogen and oxygen atoms in total. The second-order valence-electron chi connectivity index (χ2n) is 6.16. The Labute approximate surface area is 174 Å². The molecule has 142 valence electrons. The van der Waals surface area contributed by atoms with Crippen LogP contribution in [0.2, 0.25) is 0 Å². The molecule has 2 N–H and O–H groups in total. The Morgan fingerprint density at radius 3 is 2.46 bits per heavy atom. The van der Waals surface area contributed by atoms with Crippen molar-refractivity contribution < 1.29 is 0 Å². The van der Waals surface area contributed by atoms with Gasteiger partial charge in [0, 0.05) is 39.9 Å². The van der Waals surface area contributed by atoms with Crippen LogP contribution in [0.3, 0.4) is 0 Å². The largest absolute Gasteiger partial charge is 0.370 e. The highest BCUT2D eigenvalue weighted by molar-refractivity contribution is 14.0. The van der Waals surface area contributed by atoms with Gasteiger partial charge in [-0.05, 0) is 37.5 Å². The first-order valence-electron chi connectivity index (χ1n) is 8.81. The molecule has 1 aromatic carbocycles. The number of unbranched alkanes of at least 4 members (excludes halogenated alkanes) is 1. The summed E-state index contributed by atoms with van der Waals surface area (Å²) in [6, 6.07) is 14.5. The minimum absolute atomic E-state index is 0. The van der Waals surface area contributed by atoms with Crippen LogP contribution in [0.25, 0.3) is 0 Å². The molecule has 2 aromatic rings. The van der Waals surface area contributed by atoms with E-state index < -0.39 is 0 Å². The molecule has 6 heteroatoms. The molecule has 2 rings (SSSR count). The van der Waals surface area contributed by atoms with Gasteiger partial charge in [0.2, 0.25) is 0 Å². The molecule has 0 aliphatic heterocycles. The van der Waals surface area contributed by atoms with E-state index in [2.05, 4.69) is 63.7 Å². The minimum Gasteiger partial charge on any atom is -0.370 e. The average molecular weight is 467 g/mol. The molecule has 1 aromatic heterocycles. The third kappa shape index (κ3) is 8.03. The normalized spacial score (nSPS) is 10.8. The molecular formula is C20H30IN5. The summed E-state index contributed by atoms with van der Waals surface area (Å²) in [5.74, 6) is 1.86. The van der Waals surface area contributed by atoms with Crippen LogP contribution in [-0.4, -0.2) is 43.0 Å². The predicted molar refractivity (Wildman–Crippen MR) is 121 cm³/mol. The Bertz CT molecular complexity index is 643. The summed E-state index contributed by atoms with van der Waals surface area (Å²) in [4.78, 5) is 10.8. The summed E-state index contributed by atoms with van der Waals surface area (Å²) in [6.07, 6.45) is 3.97. The number of aromatic nitrogens is 1. The first kappa shape index (κ1) is 22.2. The average Bonchev–Trinajstić information content (AvgIpc) is 2.64. The van der Waals surface area contributed by atoms with Crippen molar-refractivity contribution in [3.63, 3.8) is 0 Å². The lowest BCUT2D eigenvalue weighted by atomic mass is 10.1. The third-order valence-corrected chi connectivity index (χ3v) is 3.97. The second kappa shape index (κ2) is 12.5. The van der Waals surface area contributed by atoms with Crippen LogP contribution in [-0.2, 0) is 6.54 Å². The van der Waals surface area contributed by atoms with Crippen LogP contribution in [0.4, 0.5) is 5.82 Å². The van der Waals surface area contributed by atoms with Gasteiger partial charge in [0.15, 0.2) is 5.96 Å². The molecule has 0 radical (unpaired) electrons. The second-order valence-corrected chi connectivity index (χ2v) is 6.16. The van der Waals surface area contributed by atoms with Crippen molar-refractivity contribution in [1.82, 2.24) is 15.2 Å². The van der Waals surface area contributed by atoms with Crippen molar-refractivity contribution >= 4 is 35.8 Å². The van der Waals surface area contributed by atoms with Gasteiger partial charge in [-0.1, -0.05) is 35.9 Å². The number of hydrogen-bond acceptors (Lipinski definition) is 3. The van der Waals surface area contributed by atoms with E-state index in [9.17, 15) is 0 Å². The van der Waals surface area contributed by atoms with Crippen molar-refractivity contribution in [2.24, 2.45) is 4.99 Å². The maximum atomic E-state index is 4.37. The van der Waals surface area contributed by atoms with Crippen LogP contribution in [0.1, 0.15) is 24.0 Å². The number of pyridine rings is 1. The van der Waals surface area contributed by atoms with E-state index in [1.165, 1.54) is 11.1 Å². The number of rotatable bonds is 8. The van der Waals surface area contributed by atoms with Gasteiger partial charge in [0.1, 0.15) is 5.82 Å². The molecule has 0 saturated heterocycles. The summed E-state index contributed by atoms with van der Waals surface area (Å²) >= 11 is 0. The van der Waals surface area contributed by atoms with Crippen molar-refractivity contribution in [1.29, 1.82) is 0 Å². The number of nitrogens with zero attached hydrogens (tertiary/aromatic N) is 3. The fourth-order valence-electron chi connectivity index (χ4n) is 2.56. The molecule has 0 bridgehead atoms. The van der Waals surface area contributed by atoms with Crippen LogP contribution in [0, 0.1) is 6.92 Å². The fraction of sp³-hybridized carbons (Fsp3) is 0.400. The number of benzene rings is 1. The summed E-state index contributed by atoms with van der Waals surface area (Å²) in [5, 5.41) is 6.76. The lowest BCUT2D eigenvalue weighted by Gasteiger charge is -2.22. The standard InChI is InChI=1S/C20H29N5.HI/c1-17-9-11-18(12-10-17)16-25(3)20(21-2)24-15-7-6-14-23-19-8-4-5-13-22-19;/h4-5,8-13H,6-7,14-16H2,1-3H3,(H,21,24)(H,22,23);1H. The smallest absolute Gasteiger partial charge is 0.193 e. The Morgan fingerprint density at radius 2 is 1.81 bits per heavy atom. The summed E-state index contributed by atoms with van der Waals surface area (Å²) in [6.45, 7) is 4.79. The van der Waals surface area contributed by atoms with E-state index >= 15 is 0 Å². The highest BCUT2D eigenvalue weighted by Gasteiger charge is 2.06. The van der Waals surface area contributed by atoms with Crippen LogP contribution in [0.5, 0.6) is 0 Å². The van der Waals surface area contributed by atoms with Gasteiger partial charge < -0.3 is 15.5 Å². The molecule has 26 heavy (non-hydrogen) atoms. The molecule has 0 amide bonds. The Balaban J connectivity index is 0.00000338. The number of guanidine groups is 1. The fourth-order valence-corrected chi connectivity index (χ4v) is 2.56. The van der Waals surface area contributed by atoms with Gasteiger partial charge >= 0.3 is 0 Å². The van der Waals surface area contributed by atoms with Crippen molar-refractivity contribution in [2.75, 3.05) is 32.5 Å². The molecule has 0 saturated carbocycles. The Kier molecular flexibility index (Phi) is 10.7. The highest BCUT2D eigenvalue weighted by atomic mass is 127. The molecule has 0 unspecified atom stereocenters. The third-order valence-electron chi connectivity index (χ3n) is 3.97. The monoisotopic (exact) mass is 467 g/mol. The Morgan fingerprint density at radius 1 is 1.08 bits per heavy atom. The lowest BCUT2D eigenvalue weighted by Crippen LogP contribution is -2.38. The minimum atomic E-state index is 0. The van der Waals surface area contributed by atoms with E-state index in [0.717, 1.165) is 44.3 Å². The number of nitrogens with one attached hydrogen (secondary N) is 2. The summed E-state index contributed by atoms with van der Waals surface area (Å²) in [5.41, 5.74) is 2.57. The van der Waals surface area contributed by atoms with Gasteiger partial charge in [-0.25, -0.2) is 4.98 Å². The van der Waals surface area contributed by atoms with Gasteiger partial charge in [0.25, 0.3) is 0 Å². The zero-order valence-corrected chi connectivity index (χ0v) is 18.2. The molecule has 0 aliphatic carbocycles. The van der Waals surface area contributed by atoms with E-state index in [1.807, 2.05) is 25.2 Å². The SMILES string of the molecule is CN=C(NCCCCNc1ccccn1)N(C)Cc1ccc(C)cc1.I. The van der Waals surface area contributed by atoms with Crippen LogP contribution < -0.4 is 10.6 Å². The molecule has 1 heterocycles. The lowest BCUT2D eigenvalue weighted by molar-refractivity contribution is 0.475. The van der Waals surface area contributed by atoms with Gasteiger partial charge in [-0.3, -0.25) is 4.99 Å². The van der Waals surface area contributed by atoms with E-state index in [-0.39, 0.29) is 24.0 Å². The quantitative estimate of drug-likeness (QED) is 0.268. The van der Waals surface area contributed by atoms with Crippen molar-refractivity contribution in [3.05, 3.63) is 59.8 Å². The number of aryl methyl sites for hydroxylation is 1.